The topological polar surface area (TPSA) is 37.4 Å². The van der Waals surface area contributed by atoms with Crippen molar-refractivity contribution in [3.63, 3.8) is 0 Å². The summed E-state index contributed by atoms with van der Waals surface area (Å²) in [5.41, 5.74) is 1.44. The van der Waals surface area contributed by atoms with Gasteiger partial charge in [0, 0.05) is 22.8 Å². The zero-order valence-corrected chi connectivity index (χ0v) is 10.0. The summed E-state index contributed by atoms with van der Waals surface area (Å²) in [6.45, 7) is 1.44. The monoisotopic (exact) mass is 267 g/mol. The lowest BCUT2D eigenvalue weighted by atomic mass is 10.1. The molecule has 1 atom stereocenters. The summed E-state index contributed by atoms with van der Waals surface area (Å²) in [6, 6.07) is 4.83. The number of fused-ring (bicyclic) bond motifs is 1. The van der Waals surface area contributed by atoms with E-state index in [2.05, 4.69) is 15.9 Å². The molecular formula is C11H10BrNO2. The molecule has 0 saturated heterocycles. The van der Waals surface area contributed by atoms with Gasteiger partial charge in [-0.2, -0.15) is 0 Å². The molecule has 1 aromatic rings. The number of nitrogens with zero attached hydrogens (tertiary/aromatic N) is 1. The highest BCUT2D eigenvalue weighted by Crippen LogP contribution is 2.33. The molecule has 0 amide bonds. The number of likely N-dealkylation sites (N-methyl/N-ethyl adjacent to an activating group) is 1. The molecule has 0 spiro atoms. The Morgan fingerprint density at radius 2 is 2.13 bits per heavy atom. The predicted molar refractivity (Wildman–Crippen MR) is 61.3 cm³/mol. The summed E-state index contributed by atoms with van der Waals surface area (Å²) < 4.78 is 0.854. The molecule has 1 aliphatic heterocycles. The zero-order valence-electron chi connectivity index (χ0n) is 8.45. The Morgan fingerprint density at radius 1 is 1.47 bits per heavy atom. The molecule has 1 aliphatic rings. The van der Waals surface area contributed by atoms with E-state index in [0.717, 1.165) is 10.2 Å². The highest BCUT2D eigenvalue weighted by Gasteiger charge is 2.37. The van der Waals surface area contributed by atoms with Crippen LogP contribution in [0.15, 0.2) is 22.7 Å². The van der Waals surface area contributed by atoms with Crippen LogP contribution < -0.4 is 4.90 Å². The number of ketones is 2. The molecule has 0 N–H and O–H groups in total. The number of carbonyl (C=O) groups is 2. The number of Topliss-reactive ketones (excluding diaryl/α,β-unsaturated/α-hetero) is 2. The van der Waals surface area contributed by atoms with Crippen LogP contribution in [0.4, 0.5) is 5.69 Å². The molecule has 78 valence electrons. The summed E-state index contributed by atoms with van der Waals surface area (Å²) in [7, 11) is 1.77. The van der Waals surface area contributed by atoms with Crippen LogP contribution in [0.25, 0.3) is 0 Å². The first-order valence-corrected chi connectivity index (χ1v) is 5.38. The van der Waals surface area contributed by atoms with Gasteiger partial charge in [-0.05, 0) is 25.1 Å². The summed E-state index contributed by atoms with van der Waals surface area (Å²) >= 11 is 3.31. The molecule has 2 rings (SSSR count). The van der Waals surface area contributed by atoms with Crippen LogP contribution in [0, 0.1) is 0 Å². The lowest BCUT2D eigenvalue weighted by Gasteiger charge is -2.18. The second-order valence-corrected chi connectivity index (χ2v) is 4.57. The number of halogens is 1. The van der Waals surface area contributed by atoms with Crippen molar-refractivity contribution in [2.24, 2.45) is 0 Å². The van der Waals surface area contributed by atoms with Gasteiger partial charge >= 0.3 is 0 Å². The zero-order chi connectivity index (χ0) is 11.2. The van der Waals surface area contributed by atoms with E-state index in [1.165, 1.54) is 6.92 Å². The van der Waals surface area contributed by atoms with Gasteiger partial charge in [-0.25, -0.2) is 0 Å². The van der Waals surface area contributed by atoms with E-state index in [1.54, 1.807) is 18.0 Å². The van der Waals surface area contributed by atoms with E-state index < -0.39 is 6.04 Å². The fourth-order valence-electron chi connectivity index (χ4n) is 1.93. The Balaban J connectivity index is 2.55. The van der Waals surface area contributed by atoms with Gasteiger partial charge in [-0.1, -0.05) is 15.9 Å². The third kappa shape index (κ3) is 1.49. The summed E-state index contributed by atoms with van der Waals surface area (Å²) in [5.74, 6) is -0.226. The molecule has 15 heavy (non-hydrogen) atoms. The van der Waals surface area contributed by atoms with Gasteiger partial charge in [-0.3, -0.25) is 9.59 Å². The maximum Gasteiger partial charge on any atom is 0.194 e. The molecule has 1 aromatic carbocycles. The van der Waals surface area contributed by atoms with Gasteiger partial charge in [-0.15, -0.1) is 0 Å². The maximum absolute atomic E-state index is 11.9. The van der Waals surface area contributed by atoms with Crippen LogP contribution in [0.3, 0.4) is 0 Å². The average molecular weight is 268 g/mol. The minimum atomic E-state index is -0.644. The average Bonchev–Trinajstić information content (AvgIpc) is 2.39. The second kappa shape index (κ2) is 3.45. The Labute approximate surface area is 96.2 Å². The number of benzene rings is 1. The van der Waals surface area contributed by atoms with Crippen molar-refractivity contribution >= 4 is 33.2 Å². The van der Waals surface area contributed by atoms with Gasteiger partial charge in [0.15, 0.2) is 17.6 Å². The molecule has 0 aromatic heterocycles. The molecule has 0 radical (unpaired) electrons. The van der Waals surface area contributed by atoms with Crippen LogP contribution in [0.5, 0.6) is 0 Å². The molecule has 4 heteroatoms. The first-order chi connectivity index (χ1) is 7.02. The molecule has 0 aliphatic carbocycles. The van der Waals surface area contributed by atoms with E-state index >= 15 is 0 Å². The molecule has 1 heterocycles. The minimum absolute atomic E-state index is 0.110. The van der Waals surface area contributed by atoms with Crippen molar-refractivity contribution in [2.75, 3.05) is 11.9 Å². The largest absolute Gasteiger partial charge is 0.357 e. The van der Waals surface area contributed by atoms with Gasteiger partial charge in [0.25, 0.3) is 0 Å². The first-order valence-electron chi connectivity index (χ1n) is 4.59. The standard InChI is InChI=1S/C11H10BrNO2/c1-6(14)10-11(15)8-5-7(12)3-4-9(8)13(10)2/h3-5,10H,1-2H3. The normalized spacial score (nSPS) is 19.3. The maximum atomic E-state index is 11.9. The third-order valence-corrected chi connectivity index (χ3v) is 3.12. The van der Waals surface area contributed by atoms with Gasteiger partial charge in [0.2, 0.25) is 0 Å². The van der Waals surface area contributed by atoms with Gasteiger partial charge in [0.05, 0.1) is 0 Å². The quantitative estimate of drug-likeness (QED) is 0.731. The lowest BCUT2D eigenvalue weighted by Crippen LogP contribution is -2.38. The molecule has 3 nitrogen and oxygen atoms in total. The molecule has 0 fully saturated rings. The van der Waals surface area contributed by atoms with Crippen molar-refractivity contribution in [3.05, 3.63) is 28.2 Å². The van der Waals surface area contributed by atoms with Crippen LogP contribution in [-0.2, 0) is 4.79 Å². The van der Waals surface area contributed by atoms with Gasteiger partial charge in [0.1, 0.15) is 0 Å². The Hall–Kier alpha value is -1.16. The van der Waals surface area contributed by atoms with Gasteiger partial charge < -0.3 is 4.90 Å². The number of hydrogen-bond acceptors (Lipinski definition) is 3. The summed E-state index contributed by atoms with van der Waals surface area (Å²) in [4.78, 5) is 25.0. The Morgan fingerprint density at radius 3 is 2.73 bits per heavy atom. The fourth-order valence-corrected chi connectivity index (χ4v) is 2.29. The van der Waals surface area contributed by atoms with Crippen LogP contribution >= 0.6 is 15.9 Å². The van der Waals surface area contributed by atoms with Crippen molar-refractivity contribution in [2.45, 2.75) is 13.0 Å². The molecule has 0 bridgehead atoms. The highest BCUT2D eigenvalue weighted by molar-refractivity contribution is 9.10. The number of anilines is 1. The van der Waals surface area contributed by atoms with Crippen molar-refractivity contribution in [1.29, 1.82) is 0 Å². The number of hydrogen-bond donors (Lipinski definition) is 0. The molecular weight excluding hydrogens is 258 g/mol. The van der Waals surface area contributed by atoms with E-state index in [1.807, 2.05) is 12.1 Å². The Bertz CT molecular complexity index is 456. The van der Waals surface area contributed by atoms with Crippen LogP contribution in [0.1, 0.15) is 17.3 Å². The molecule has 1 unspecified atom stereocenters. The minimum Gasteiger partial charge on any atom is -0.357 e. The van der Waals surface area contributed by atoms with Crippen LogP contribution in [0.2, 0.25) is 0 Å². The van der Waals surface area contributed by atoms with Crippen molar-refractivity contribution in [1.82, 2.24) is 0 Å². The van der Waals surface area contributed by atoms with Crippen LogP contribution in [-0.4, -0.2) is 24.7 Å². The predicted octanol–water partition coefficient (Wildman–Crippen LogP) is 2.04. The first kappa shape index (κ1) is 10.4. The highest BCUT2D eigenvalue weighted by atomic mass is 79.9. The molecule has 0 saturated carbocycles. The summed E-state index contributed by atoms with van der Waals surface area (Å²) in [5, 5.41) is 0. The summed E-state index contributed by atoms with van der Waals surface area (Å²) in [6.07, 6.45) is 0. The second-order valence-electron chi connectivity index (χ2n) is 3.65. The van der Waals surface area contributed by atoms with E-state index in [0.29, 0.717) is 5.56 Å². The van der Waals surface area contributed by atoms with Crippen molar-refractivity contribution in [3.8, 4) is 0 Å². The van der Waals surface area contributed by atoms with E-state index in [-0.39, 0.29) is 11.6 Å². The lowest BCUT2D eigenvalue weighted by molar-refractivity contribution is -0.117. The Kier molecular flexibility index (Phi) is 2.38. The SMILES string of the molecule is CC(=O)C1C(=O)c2cc(Br)ccc2N1C. The number of rotatable bonds is 1. The van der Waals surface area contributed by atoms with E-state index in [9.17, 15) is 9.59 Å². The number of carbonyl (C=O) groups excluding carboxylic acids is 2. The third-order valence-electron chi connectivity index (χ3n) is 2.62. The van der Waals surface area contributed by atoms with Crippen molar-refractivity contribution < 1.29 is 9.59 Å². The fraction of sp³-hybridized carbons (Fsp3) is 0.273. The smallest absolute Gasteiger partial charge is 0.194 e. The van der Waals surface area contributed by atoms with E-state index in [4.69, 9.17) is 0 Å².